The Labute approximate surface area is 194 Å². The van der Waals surface area contributed by atoms with Crippen LogP contribution in [0.1, 0.15) is 30.9 Å². The minimum absolute atomic E-state index is 0.0398. The first-order valence-corrected chi connectivity index (χ1v) is 11.4. The lowest BCUT2D eigenvalue weighted by Crippen LogP contribution is -2.56. The largest absolute Gasteiger partial charge is 0.384 e. The predicted octanol–water partition coefficient (Wildman–Crippen LogP) is -0.641. The predicted molar refractivity (Wildman–Crippen MR) is 124 cm³/mol. The van der Waals surface area contributed by atoms with Gasteiger partial charge in [-0.2, -0.15) is 0 Å². The Balaban J connectivity index is 1.76. The van der Waals surface area contributed by atoms with Crippen molar-refractivity contribution in [3.8, 4) is 0 Å². The maximum Gasteiger partial charge on any atom is 0.243 e. The summed E-state index contributed by atoms with van der Waals surface area (Å²) in [6.07, 6.45) is 2.23. The Kier molecular flexibility index (Phi) is 8.40. The molecule has 3 amide bonds. The zero-order chi connectivity index (χ0) is 24.0. The number of nitrogens with one attached hydrogen (secondary N) is 4. The van der Waals surface area contributed by atoms with Crippen LogP contribution in [0, 0.1) is 11.3 Å². The lowest BCUT2D eigenvalue weighted by atomic mass is 10.0. The number of rotatable bonds is 4. The smallest absolute Gasteiger partial charge is 0.243 e. The summed E-state index contributed by atoms with van der Waals surface area (Å²) in [5.74, 6) is -0.614. The number of carbonyl (C=O) groups excluding carboxylic acids is 3. The molecule has 6 N–H and O–H groups in total. The first kappa shape index (κ1) is 24.7. The highest BCUT2D eigenvalue weighted by Gasteiger charge is 2.39. The summed E-state index contributed by atoms with van der Waals surface area (Å²) in [5.41, 5.74) is 6.90. The average Bonchev–Trinajstić information content (AvgIpc) is 3.63. The topological polar surface area (TPSA) is 150 Å². The van der Waals surface area contributed by atoms with Crippen LogP contribution in [-0.2, 0) is 25.5 Å². The van der Waals surface area contributed by atoms with Gasteiger partial charge < -0.3 is 31.3 Å². The molecule has 0 aromatic heterocycles. The minimum Gasteiger partial charge on any atom is -0.384 e. The normalized spacial score (nSPS) is 26.1. The first-order chi connectivity index (χ1) is 15.8. The first-order valence-electron chi connectivity index (χ1n) is 11.4. The summed E-state index contributed by atoms with van der Waals surface area (Å²) in [6, 6.07) is 5.07. The number of amidine groups is 1. The number of likely N-dealkylation sites (N-methyl/N-ethyl adjacent to an activating group) is 1. The molecule has 180 valence electrons. The molecule has 2 fully saturated rings. The van der Waals surface area contributed by atoms with Gasteiger partial charge in [0.1, 0.15) is 17.9 Å². The summed E-state index contributed by atoms with van der Waals surface area (Å²) in [6.45, 7) is 3.26. The molecule has 1 saturated carbocycles. The summed E-state index contributed by atoms with van der Waals surface area (Å²) >= 11 is 0. The number of nitrogen functional groups attached to an aromatic ring is 1. The fourth-order valence-corrected chi connectivity index (χ4v) is 3.79. The molecule has 3 atom stereocenters. The molecule has 1 heterocycles. The monoisotopic (exact) mass is 458 g/mol. The number of hydrogen-bond donors (Lipinski definition) is 5. The van der Waals surface area contributed by atoms with E-state index < -0.39 is 18.0 Å². The van der Waals surface area contributed by atoms with Crippen LogP contribution in [0.3, 0.4) is 0 Å². The lowest BCUT2D eigenvalue weighted by molar-refractivity contribution is -0.141. The van der Waals surface area contributed by atoms with Crippen LogP contribution in [0.2, 0.25) is 0 Å². The minimum atomic E-state index is -0.825. The van der Waals surface area contributed by atoms with Crippen molar-refractivity contribution in [3.05, 3.63) is 35.4 Å². The van der Waals surface area contributed by atoms with Gasteiger partial charge in [0.25, 0.3) is 0 Å². The summed E-state index contributed by atoms with van der Waals surface area (Å²) in [4.78, 5) is 40.4. The molecule has 0 bridgehead atoms. The van der Waals surface area contributed by atoms with Gasteiger partial charge in [-0.3, -0.25) is 19.8 Å². The number of nitrogens with zero attached hydrogens (tertiary/aromatic N) is 1. The molecule has 33 heavy (non-hydrogen) atoms. The second-order valence-corrected chi connectivity index (χ2v) is 8.67. The van der Waals surface area contributed by atoms with Crippen molar-refractivity contribution in [2.24, 2.45) is 11.7 Å². The molecule has 1 aromatic rings. The summed E-state index contributed by atoms with van der Waals surface area (Å²) in [7, 11) is 1.62. The van der Waals surface area contributed by atoms with Gasteiger partial charge in [-0.25, -0.2) is 0 Å². The molecule has 10 heteroatoms. The number of nitrogens with two attached hydrogens (primary N) is 1. The highest BCUT2D eigenvalue weighted by atomic mass is 16.5. The quantitative estimate of drug-likeness (QED) is 0.299. The molecule has 1 aromatic carbocycles. The van der Waals surface area contributed by atoms with Crippen LogP contribution >= 0.6 is 0 Å². The van der Waals surface area contributed by atoms with Crippen LogP contribution in [0.25, 0.3) is 0 Å². The van der Waals surface area contributed by atoms with Crippen LogP contribution in [0.4, 0.5) is 0 Å². The zero-order valence-electron chi connectivity index (χ0n) is 19.2. The van der Waals surface area contributed by atoms with Crippen LogP contribution in [0.5, 0.6) is 0 Å². The van der Waals surface area contributed by atoms with Crippen LogP contribution < -0.4 is 21.7 Å². The molecule has 0 unspecified atom stereocenters. The number of carbonyl (C=O) groups is 3. The fourth-order valence-electron chi connectivity index (χ4n) is 3.79. The van der Waals surface area contributed by atoms with Gasteiger partial charge in [-0.15, -0.1) is 0 Å². The molecule has 1 saturated heterocycles. The Morgan fingerprint density at radius 3 is 2.42 bits per heavy atom. The Bertz CT molecular complexity index is 870. The SMILES string of the molecule is C[C@@H]1C(=O)N[C@H](Cc2ccc(C(=N)N)cc2)C(=O)NCCOCCN[C@@H](C2CC2)C(=O)N1C. The molecule has 2 aliphatic rings. The van der Waals surface area contributed by atoms with Crippen molar-refractivity contribution < 1.29 is 19.1 Å². The van der Waals surface area contributed by atoms with Gasteiger partial charge in [-0.05, 0) is 31.2 Å². The lowest BCUT2D eigenvalue weighted by Gasteiger charge is -2.30. The molecule has 10 nitrogen and oxygen atoms in total. The van der Waals surface area contributed by atoms with Gasteiger partial charge in [0.15, 0.2) is 0 Å². The van der Waals surface area contributed by atoms with Crippen molar-refractivity contribution in [2.45, 2.75) is 44.3 Å². The van der Waals surface area contributed by atoms with E-state index >= 15 is 0 Å². The number of amides is 3. The Morgan fingerprint density at radius 2 is 1.79 bits per heavy atom. The second kappa shape index (κ2) is 11.2. The van der Waals surface area contributed by atoms with Crippen molar-refractivity contribution >= 4 is 23.6 Å². The van der Waals surface area contributed by atoms with E-state index in [9.17, 15) is 14.4 Å². The molecule has 0 spiro atoms. The zero-order valence-corrected chi connectivity index (χ0v) is 19.2. The van der Waals surface area contributed by atoms with Crippen LogP contribution in [0.15, 0.2) is 24.3 Å². The standard InChI is InChI=1S/C23H34N6O4/c1-14-21(30)28-18(13-15-3-5-17(6-4-15)20(24)25)22(31)27-10-12-33-11-9-26-19(16-7-8-16)23(32)29(14)2/h3-6,14,16,18-19,26H,7-13H2,1-2H3,(H3,24,25)(H,27,31)(H,28,30)/t14-,18-,19+/m1/s1. The average molecular weight is 459 g/mol. The summed E-state index contributed by atoms with van der Waals surface area (Å²) < 4.78 is 5.58. The highest BCUT2D eigenvalue weighted by molar-refractivity contribution is 5.95. The van der Waals surface area contributed by atoms with E-state index in [4.69, 9.17) is 15.9 Å². The van der Waals surface area contributed by atoms with Gasteiger partial charge in [0.05, 0.1) is 19.3 Å². The molecule has 0 radical (unpaired) electrons. The van der Waals surface area contributed by atoms with Gasteiger partial charge in [-0.1, -0.05) is 24.3 Å². The third-order valence-corrected chi connectivity index (χ3v) is 6.16. The van der Waals surface area contributed by atoms with E-state index in [0.717, 1.165) is 18.4 Å². The molecular weight excluding hydrogens is 424 g/mol. The molecular formula is C23H34N6O4. The van der Waals surface area contributed by atoms with Gasteiger partial charge in [0, 0.05) is 32.1 Å². The van der Waals surface area contributed by atoms with Crippen molar-refractivity contribution in [3.63, 3.8) is 0 Å². The van der Waals surface area contributed by atoms with Crippen molar-refractivity contribution in [1.82, 2.24) is 20.9 Å². The van der Waals surface area contributed by atoms with E-state index in [-0.39, 0.29) is 36.0 Å². The van der Waals surface area contributed by atoms with E-state index in [1.165, 1.54) is 4.90 Å². The van der Waals surface area contributed by atoms with Gasteiger partial charge >= 0.3 is 0 Å². The maximum atomic E-state index is 13.1. The van der Waals surface area contributed by atoms with E-state index in [2.05, 4.69) is 16.0 Å². The molecule has 3 rings (SSSR count). The highest BCUT2D eigenvalue weighted by Crippen LogP contribution is 2.33. The Hall–Kier alpha value is -2.98. The van der Waals surface area contributed by atoms with E-state index in [1.807, 2.05) is 0 Å². The summed E-state index contributed by atoms with van der Waals surface area (Å²) in [5, 5.41) is 16.4. The number of ether oxygens (including phenoxy) is 1. The van der Waals surface area contributed by atoms with E-state index in [0.29, 0.717) is 31.9 Å². The number of benzene rings is 1. The fraction of sp³-hybridized carbons (Fsp3) is 0.565. The number of hydrogen-bond acceptors (Lipinski definition) is 6. The van der Waals surface area contributed by atoms with Crippen LogP contribution in [-0.4, -0.2) is 79.9 Å². The Morgan fingerprint density at radius 1 is 1.12 bits per heavy atom. The van der Waals surface area contributed by atoms with Crippen molar-refractivity contribution in [2.75, 3.05) is 33.4 Å². The van der Waals surface area contributed by atoms with Crippen molar-refractivity contribution in [1.29, 1.82) is 5.41 Å². The van der Waals surface area contributed by atoms with E-state index in [1.54, 1.807) is 38.2 Å². The maximum absolute atomic E-state index is 13.1. The third kappa shape index (κ3) is 6.75. The molecule has 1 aliphatic carbocycles. The third-order valence-electron chi connectivity index (χ3n) is 6.16. The second-order valence-electron chi connectivity index (χ2n) is 8.67. The van der Waals surface area contributed by atoms with Gasteiger partial charge in [0.2, 0.25) is 17.7 Å². The molecule has 1 aliphatic heterocycles.